The molecule has 0 saturated carbocycles. The number of aromatic nitrogens is 1. The van der Waals surface area contributed by atoms with E-state index in [0.29, 0.717) is 0 Å². The zero-order valence-corrected chi connectivity index (χ0v) is 26.3. The second kappa shape index (κ2) is 9.57. The minimum absolute atomic E-state index is 0.0269. The maximum atomic E-state index is 6.04. The molecular weight excluding hydrogens is 571 g/mol. The molecule has 10 rings (SSSR count). The average molecular weight is 602 g/mol. The molecule has 0 spiro atoms. The van der Waals surface area contributed by atoms with Gasteiger partial charge >= 0.3 is 0 Å². The molecule has 1 aliphatic carbocycles. The van der Waals surface area contributed by atoms with Crippen LogP contribution < -0.4 is 0 Å². The molecule has 0 amide bonds. The molecule has 0 bridgehead atoms. The Balaban J connectivity index is 1.04. The van der Waals surface area contributed by atoms with Crippen molar-refractivity contribution in [3.05, 3.63) is 163 Å². The van der Waals surface area contributed by atoms with Gasteiger partial charge in [-0.2, -0.15) is 0 Å². The van der Waals surface area contributed by atoms with Gasteiger partial charge < -0.3 is 8.98 Å². The molecule has 9 aromatic rings. The third kappa shape index (κ3) is 3.79. The van der Waals surface area contributed by atoms with Crippen molar-refractivity contribution in [2.45, 2.75) is 19.3 Å². The van der Waals surface area contributed by atoms with Crippen LogP contribution in [0.15, 0.2) is 156 Å². The first-order valence-corrected chi connectivity index (χ1v) is 16.3. The van der Waals surface area contributed by atoms with Crippen molar-refractivity contribution >= 4 is 43.7 Å². The summed E-state index contributed by atoms with van der Waals surface area (Å²) in [5, 5.41) is 4.91. The normalized spacial score (nSPS) is 13.5. The van der Waals surface area contributed by atoms with Crippen LogP contribution in [0.4, 0.5) is 0 Å². The number of hydrogen-bond donors (Lipinski definition) is 0. The van der Waals surface area contributed by atoms with Crippen LogP contribution in [0.25, 0.3) is 82.8 Å². The van der Waals surface area contributed by atoms with E-state index in [0.717, 1.165) is 21.9 Å². The maximum absolute atomic E-state index is 6.04. The highest BCUT2D eigenvalue weighted by Gasteiger charge is 2.36. The van der Waals surface area contributed by atoms with E-state index in [-0.39, 0.29) is 5.41 Å². The second-order valence-electron chi connectivity index (χ2n) is 13.4. The first-order chi connectivity index (χ1) is 23.0. The highest BCUT2D eigenvalue weighted by atomic mass is 16.3. The van der Waals surface area contributed by atoms with E-state index in [1.54, 1.807) is 0 Å². The molecule has 0 aliphatic heterocycles. The molecule has 47 heavy (non-hydrogen) atoms. The minimum Gasteiger partial charge on any atom is -0.456 e. The van der Waals surface area contributed by atoms with Crippen molar-refractivity contribution in [1.29, 1.82) is 0 Å². The lowest BCUT2D eigenvalue weighted by atomic mass is 9.82. The molecule has 0 atom stereocenters. The lowest BCUT2D eigenvalue weighted by Crippen LogP contribution is -2.14. The predicted molar refractivity (Wildman–Crippen MR) is 196 cm³/mol. The van der Waals surface area contributed by atoms with Crippen molar-refractivity contribution in [3.8, 4) is 39.1 Å². The lowest BCUT2D eigenvalue weighted by molar-refractivity contribution is 0.661. The van der Waals surface area contributed by atoms with Crippen LogP contribution in [0.1, 0.15) is 25.0 Å². The smallest absolute Gasteiger partial charge is 0.135 e. The van der Waals surface area contributed by atoms with Crippen LogP contribution in [-0.4, -0.2) is 4.57 Å². The van der Waals surface area contributed by atoms with Crippen LogP contribution in [0.3, 0.4) is 0 Å². The Morgan fingerprint density at radius 1 is 0.426 bits per heavy atom. The van der Waals surface area contributed by atoms with Gasteiger partial charge in [0.2, 0.25) is 0 Å². The number of fused-ring (bicyclic) bond motifs is 9. The third-order valence-corrected chi connectivity index (χ3v) is 10.4. The molecule has 2 heterocycles. The van der Waals surface area contributed by atoms with E-state index in [2.05, 4.69) is 158 Å². The topological polar surface area (TPSA) is 18.1 Å². The standard InChI is InChI=1S/C45H31NO/c1-45(2)39-12-6-3-9-33(39)36-27-42-37(26-40(36)45)34-10-4-7-13-41(34)46(42)32-22-19-29(20-23-32)28-15-17-30(18-16-28)31-21-24-44-38(25-31)35-11-5-8-14-43(35)47-44/h3-27H,1-2H3. The van der Waals surface area contributed by atoms with Crippen LogP contribution in [0, 0.1) is 0 Å². The molecule has 2 nitrogen and oxygen atoms in total. The SMILES string of the molecule is CC1(C)c2ccccc2-c2cc3c(cc21)c1ccccc1n3-c1ccc(-c2ccc(-c3ccc4oc5ccccc5c4c3)cc2)cc1. The molecule has 0 N–H and O–H groups in total. The predicted octanol–water partition coefficient (Wildman–Crippen LogP) is 12.3. The summed E-state index contributed by atoms with van der Waals surface area (Å²) < 4.78 is 8.48. The number of para-hydroxylation sites is 2. The quantitative estimate of drug-likeness (QED) is 0.197. The summed E-state index contributed by atoms with van der Waals surface area (Å²) in [5.74, 6) is 0. The summed E-state index contributed by atoms with van der Waals surface area (Å²) >= 11 is 0. The van der Waals surface area contributed by atoms with E-state index in [1.807, 2.05) is 12.1 Å². The van der Waals surface area contributed by atoms with Crippen molar-refractivity contribution in [3.63, 3.8) is 0 Å². The van der Waals surface area contributed by atoms with Crippen LogP contribution in [-0.2, 0) is 5.41 Å². The molecule has 0 saturated heterocycles. The van der Waals surface area contributed by atoms with Crippen molar-refractivity contribution in [2.75, 3.05) is 0 Å². The first-order valence-electron chi connectivity index (χ1n) is 16.3. The molecular formula is C45H31NO. The minimum atomic E-state index is -0.0269. The zero-order valence-electron chi connectivity index (χ0n) is 26.3. The molecule has 2 heteroatoms. The Kier molecular flexibility index (Phi) is 5.37. The number of hydrogen-bond acceptors (Lipinski definition) is 1. The van der Waals surface area contributed by atoms with Crippen LogP contribution in [0.5, 0.6) is 0 Å². The van der Waals surface area contributed by atoms with E-state index in [4.69, 9.17) is 4.42 Å². The molecule has 0 fully saturated rings. The van der Waals surface area contributed by atoms with Crippen LogP contribution in [0.2, 0.25) is 0 Å². The Labute approximate surface area is 273 Å². The van der Waals surface area contributed by atoms with E-state index >= 15 is 0 Å². The summed E-state index contributed by atoms with van der Waals surface area (Å²) in [6.45, 7) is 4.71. The monoisotopic (exact) mass is 601 g/mol. The van der Waals surface area contributed by atoms with Gasteiger partial charge in [-0.25, -0.2) is 0 Å². The summed E-state index contributed by atoms with van der Waals surface area (Å²) in [6.07, 6.45) is 0. The summed E-state index contributed by atoms with van der Waals surface area (Å²) in [6, 6.07) is 55.2. The molecule has 222 valence electrons. The highest BCUT2D eigenvalue weighted by molar-refractivity contribution is 6.11. The lowest BCUT2D eigenvalue weighted by Gasteiger charge is -2.21. The Bertz CT molecular complexity index is 2680. The van der Waals surface area contributed by atoms with E-state index in [9.17, 15) is 0 Å². The van der Waals surface area contributed by atoms with Gasteiger partial charge in [0.15, 0.2) is 0 Å². The van der Waals surface area contributed by atoms with Gasteiger partial charge in [-0.1, -0.05) is 117 Å². The molecule has 1 aliphatic rings. The fraction of sp³-hybridized carbons (Fsp3) is 0.0667. The van der Waals surface area contributed by atoms with Gasteiger partial charge in [0.25, 0.3) is 0 Å². The summed E-state index contributed by atoms with van der Waals surface area (Å²) in [4.78, 5) is 0. The molecule has 2 aromatic heterocycles. The number of rotatable bonds is 3. The van der Waals surface area contributed by atoms with Crippen molar-refractivity contribution in [1.82, 2.24) is 4.57 Å². The van der Waals surface area contributed by atoms with Crippen molar-refractivity contribution < 1.29 is 4.42 Å². The number of nitrogens with zero attached hydrogens (tertiary/aromatic N) is 1. The van der Waals surface area contributed by atoms with Crippen molar-refractivity contribution in [2.24, 2.45) is 0 Å². The molecule has 7 aromatic carbocycles. The Morgan fingerprint density at radius 2 is 1.04 bits per heavy atom. The number of benzene rings is 7. The van der Waals surface area contributed by atoms with Gasteiger partial charge in [0.05, 0.1) is 11.0 Å². The maximum Gasteiger partial charge on any atom is 0.135 e. The largest absolute Gasteiger partial charge is 0.456 e. The average Bonchev–Trinajstić information content (AvgIpc) is 3.73. The highest BCUT2D eigenvalue weighted by Crippen LogP contribution is 2.51. The van der Waals surface area contributed by atoms with Gasteiger partial charge in [-0.3, -0.25) is 0 Å². The van der Waals surface area contributed by atoms with E-state index in [1.165, 1.54) is 72.0 Å². The second-order valence-corrected chi connectivity index (χ2v) is 13.4. The number of furan rings is 1. The third-order valence-electron chi connectivity index (χ3n) is 10.4. The Hall–Kier alpha value is -5.86. The fourth-order valence-corrected chi connectivity index (χ4v) is 8.01. The van der Waals surface area contributed by atoms with Crippen LogP contribution >= 0.6 is 0 Å². The Morgan fingerprint density at radius 3 is 1.85 bits per heavy atom. The summed E-state index contributed by atoms with van der Waals surface area (Å²) in [7, 11) is 0. The van der Waals surface area contributed by atoms with Gasteiger partial charge in [0.1, 0.15) is 11.2 Å². The molecule has 0 radical (unpaired) electrons. The molecule has 0 unspecified atom stereocenters. The van der Waals surface area contributed by atoms with Gasteiger partial charge in [-0.15, -0.1) is 0 Å². The van der Waals surface area contributed by atoms with E-state index < -0.39 is 0 Å². The fourth-order valence-electron chi connectivity index (χ4n) is 8.01. The summed E-state index contributed by atoms with van der Waals surface area (Å²) in [5.41, 5.74) is 15.8. The zero-order chi connectivity index (χ0) is 31.3. The first kappa shape index (κ1) is 26.4. The van der Waals surface area contributed by atoms with Gasteiger partial charge in [-0.05, 0) is 93.0 Å². The van der Waals surface area contributed by atoms with Gasteiger partial charge in [0, 0.05) is 32.6 Å².